The number of benzene rings is 1. The first-order valence-electron chi connectivity index (χ1n) is 10.0. The molecular weight excluding hydrogens is 384 g/mol. The van der Waals surface area contributed by atoms with Gasteiger partial charge in [0, 0.05) is 56.0 Å². The highest BCUT2D eigenvalue weighted by atomic mass is 32.2. The van der Waals surface area contributed by atoms with Crippen molar-refractivity contribution in [3.8, 4) is 0 Å². The summed E-state index contributed by atoms with van der Waals surface area (Å²) in [5.41, 5.74) is 2.84. The fourth-order valence-corrected chi connectivity index (χ4v) is 4.73. The van der Waals surface area contributed by atoms with Crippen LogP contribution in [-0.4, -0.2) is 70.1 Å². The van der Waals surface area contributed by atoms with Gasteiger partial charge in [-0.05, 0) is 44.2 Å². The van der Waals surface area contributed by atoms with Crippen LogP contribution in [0.3, 0.4) is 0 Å². The van der Waals surface area contributed by atoms with Gasteiger partial charge in [0.1, 0.15) is 5.54 Å². The lowest BCUT2D eigenvalue weighted by molar-refractivity contribution is 0.189. The molecule has 0 amide bonds. The van der Waals surface area contributed by atoms with E-state index in [0.717, 1.165) is 54.9 Å². The average Bonchev–Trinajstić information content (AvgIpc) is 3.10. The first-order chi connectivity index (χ1) is 14.1. The maximum absolute atomic E-state index is 9.08. The van der Waals surface area contributed by atoms with E-state index in [1.807, 2.05) is 13.0 Å². The van der Waals surface area contributed by atoms with Crippen LogP contribution in [0.5, 0.6) is 0 Å². The number of β-amino-alcohol motifs (C(OH)–C–C–N with tert-alkyl or cyclic N) is 1. The minimum absolute atomic E-state index is 0.230. The summed E-state index contributed by atoms with van der Waals surface area (Å²) in [4.78, 5) is 18.5. The second kappa shape index (κ2) is 8.69. The molecule has 1 aromatic heterocycles. The van der Waals surface area contributed by atoms with Crippen LogP contribution >= 0.6 is 11.8 Å². The fraction of sp³-hybridized carbons (Fsp3) is 0.476. The van der Waals surface area contributed by atoms with Gasteiger partial charge in [-0.15, -0.1) is 11.8 Å². The number of anilines is 3. The molecule has 2 aromatic rings. The molecule has 4 rings (SSSR count). The number of piperazine rings is 1. The van der Waals surface area contributed by atoms with E-state index in [0.29, 0.717) is 5.95 Å². The number of aliphatic hydroxyl groups is 1. The molecule has 0 bridgehead atoms. The molecule has 29 heavy (non-hydrogen) atoms. The van der Waals surface area contributed by atoms with Crippen molar-refractivity contribution in [1.29, 1.82) is 0 Å². The quantitative estimate of drug-likeness (QED) is 0.755. The summed E-state index contributed by atoms with van der Waals surface area (Å²) in [6.45, 7) is 9.09. The maximum atomic E-state index is 9.08. The predicted molar refractivity (Wildman–Crippen MR) is 120 cm³/mol. The highest BCUT2D eigenvalue weighted by molar-refractivity contribution is 8.14. The lowest BCUT2D eigenvalue weighted by Gasteiger charge is -2.35. The third kappa shape index (κ3) is 4.71. The predicted octanol–water partition coefficient (Wildman–Crippen LogP) is 2.71. The molecule has 1 unspecified atom stereocenters. The zero-order valence-corrected chi connectivity index (χ0v) is 17.8. The van der Waals surface area contributed by atoms with Crippen LogP contribution in [0.4, 0.5) is 17.3 Å². The van der Waals surface area contributed by atoms with E-state index in [4.69, 9.17) is 15.1 Å². The van der Waals surface area contributed by atoms with E-state index in [1.54, 1.807) is 18.0 Å². The first kappa shape index (κ1) is 20.1. The summed E-state index contributed by atoms with van der Waals surface area (Å²) < 4.78 is 0. The van der Waals surface area contributed by atoms with Gasteiger partial charge < -0.3 is 15.3 Å². The molecule has 154 valence electrons. The van der Waals surface area contributed by atoms with Crippen molar-refractivity contribution in [3.05, 3.63) is 42.2 Å². The number of hydrogen-bond acceptors (Lipinski definition) is 8. The van der Waals surface area contributed by atoms with E-state index in [9.17, 15) is 0 Å². The normalized spacial score (nSPS) is 22.6. The number of hydrogen-bond donors (Lipinski definition) is 2. The fourth-order valence-electron chi connectivity index (χ4n) is 3.76. The van der Waals surface area contributed by atoms with Crippen molar-refractivity contribution in [2.24, 2.45) is 4.99 Å². The molecule has 3 heterocycles. The van der Waals surface area contributed by atoms with E-state index < -0.39 is 0 Å². The lowest BCUT2D eigenvalue weighted by atomic mass is 10.0. The van der Waals surface area contributed by atoms with Crippen molar-refractivity contribution >= 4 is 34.1 Å². The van der Waals surface area contributed by atoms with Gasteiger partial charge in [-0.1, -0.05) is 0 Å². The molecule has 8 heteroatoms. The molecule has 2 N–H and O–H groups in total. The van der Waals surface area contributed by atoms with Crippen molar-refractivity contribution in [1.82, 2.24) is 14.9 Å². The van der Waals surface area contributed by atoms with Crippen LogP contribution in [0.25, 0.3) is 0 Å². The van der Waals surface area contributed by atoms with E-state index >= 15 is 0 Å². The second-order valence-electron chi connectivity index (χ2n) is 7.68. The number of nitrogens with zero attached hydrogens (tertiary/aromatic N) is 5. The largest absolute Gasteiger partial charge is 0.395 e. The number of rotatable bonds is 6. The number of nitrogens with one attached hydrogen (secondary N) is 1. The van der Waals surface area contributed by atoms with Gasteiger partial charge in [0.25, 0.3) is 0 Å². The Morgan fingerprint density at radius 3 is 2.55 bits per heavy atom. The Balaban J connectivity index is 1.40. The first-order valence-corrected chi connectivity index (χ1v) is 11.0. The Morgan fingerprint density at radius 1 is 1.14 bits per heavy atom. The van der Waals surface area contributed by atoms with Gasteiger partial charge in [0.05, 0.1) is 17.3 Å². The number of aliphatic imine (C=N–C) groups is 1. The van der Waals surface area contributed by atoms with Crippen LogP contribution in [0, 0.1) is 0 Å². The Kier molecular flexibility index (Phi) is 6.03. The summed E-state index contributed by atoms with van der Waals surface area (Å²) in [5, 5.41) is 13.5. The zero-order valence-electron chi connectivity index (χ0n) is 17.0. The average molecular weight is 413 g/mol. The third-order valence-electron chi connectivity index (χ3n) is 5.45. The lowest BCUT2D eigenvalue weighted by Crippen LogP contribution is -2.47. The van der Waals surface area contributed by atoms with Crippen molar-refractivity contribution in [3.63, 3.8) is 0 Å². The Hall–Kier alpha value is -2.16. The minimum Gasteiger partial charge on any atom is -0.395 e. The summed E-state index contributed by atoms with van der Waals surface area (Å²) in [6.07, 6.45) is 1.80. The summed E-state index contributed by atoms with van der Waals surface area (Å²) in [5.74, 6) is 1.51. The topological polar surface area (TPSA) is 76.9 Å². The van der Waals surface area contributed by atoms with Crippen molar-refractivity contribution in [2.75, 3.05) is 55.3 Å². The standard InChI is InChI=1S/C21H28N6OS/c1-16-25-21(2,15-29-16)19-7-8-22-20(24-19)23-17-3-5-18(6-4-17)27-11-9-26(10-12-27)13-14-28/h3-8,28H,9-15H2,1-2H3,(H,22,23,24). The molecule has 2 aliphatic heterocycles. The molecule has 0 spiro atoms. The molecule has 1 atom stereocenters. The van der Waals surface area contributed by atoms with Crippen LogP contribution in [0.15, 0.2) is 41.5 Å². The van der Waals surface area contributed by atoms with E-state index in [-0.39, 0.29) is 12.1 Å². The van der Waals surface area contributed by atoms with Crippen LogP contribution in [0.2, 0.25) is 0 Å². The number of aliphatic hydroxyl groups excluding tert-OH is 1. The zero-order chi connectivity index (χ0) is 20.3. The maximum Gasteiger partial charge on any atom is 0.227 e. The molecule has 7 nitrogen and oxygen atoms in total. The summed E-state index contributed by atoms with van der Waals surface area (Å²) in [7, 11) is 0. The summed E-state index contributed by atoms with van der Waals surface area (Å²) >= 11 is 1.78. The SMILES string of the molecule is CC1=NC(C)(c2ccnc(Nc3ccc(N4CCN(CCO)CC4)cc3)n2)CS1. The molecule has 0 aliphatic carbocycles. The number of thioether (sulfide) groups is 1. The molecule has 0 saturated carbocycles. The monoisotopic (exact) mass is 412 g/mol. The van der Waals surface area contributed by atoms with Gasteiger partial charge in [-0.25, -0.2) is 9.97 Å². The number of aromatic nitrogens is 2. The Bertz CT molecular complexity index is 866. The summed E-state index contributed by atoms with van der Waals surface area (Å²) in [6, 6.07) is 10.4. The van der Waals surface area contributed by atoms with Gasteiger partial charge in [-0.3, -0.25) is 9.89 Å². The minimum atomic E-state index is -0.282. The Morgan fingerprint density at radius 2 is 1.90 bits per heavy atom. The van der Waals surface area contributed by atoms with Gasteiger partial charge >= 0.3 is 0 Å². The second-order valence-corrected chi connectivity index (χ2v) is 8.85. The third-order valence-corrected chi connectivity index (χ3v) is 6.67. The van der Waals surface area contributed by atoms with Crippen LogP contribution < -0.4 is 10.2 Å². The van der Waals surface area contributed by atoms with Gasteiger partial charge in [-0.2, -0.15) is 0 Å². The Labute approximate surface area is 176 Å². The highest BCUT2D eigenvalue weighted by Crippen LogP contribution is 2.35. The van der Waals surface area contributed by atoms with Crippen molar-refractivity contribution < 1.29 is 5.11 Å². The van der Waals surface area contributed by atoms with Gasteiger partial charge in [0.15, 0.2) is 0 Å². The molecule has 1 fully saturated rings. The molecular formula is C21H28N6OS. The van der Waals surface area contributed by atoms with E-state index in [2.05, 4.69) is 51.3 Å². The molecule has 1 saturated heterocycles. The molecule has 0 radical (unpaired) electrons. The molecule has 1 aromatic carbocycles. The highest BCUT2D eigenvalue weighted by Gasteiger charge is 2.32. The van der Waals surface area contributed by atoms with Crippen molar-refractivity contribution in [2.45, 2.75) is 19.4 Å². The van der Waals surface area contributed by atoms with E-state index in [1.165, 1.54) is 5.69 Å². The molecule has 2 aliphatic rings. The van der Waals surface area contributed by atoms with Gasteiger partial charge in [0.2, 0.25) is 5.95 Å². The van der Waals surface area contributed by atoms with Crippen LogP contribution in [-0.2, 0) is 5.54 Å². The smallest absolute Gasteiger partial charge is 0.227 e. The van der Waals surface area contributed by atoms with Crippen LogP contribution in [0.1, 0.15) is 19.5 Å².